The average molecular weight is 286 g/mol. The summed E-state index contributed by atoms with van der Waals surface area (Å²) in [6.07, 6.45) is 3.93. The second kappa shape index (κ2) is 8.80. The number of ketones is 1. The zero-order valence-corrected chi connectivity index (χ0v) is 11.7. The third-order valence-electron chi connectivity index (χ3n) is 2.79. The molecule has 0 bridgehead atoms. The first-order valence-electron chi connectivity index (χ1n) is 6.53. The van der Waals surface area contributed by atoms with E-state index in [2.05, 4.69) is 0 Å². The van der Waals surface area contributed by atoms with Crippen LogP contribution < -0.4 is 0 Å². The maximum absolute atomic E-state index is 11.9. The minimum Gasteiger partial charge on any atom is -0.481 e. The Bertz CT molecular complexity index is 415. The summed E-state index contributed by atoms with van der Waals surface area (Å²) >= 11 is 1.44. The second-order valence-corrected chi connectivity index (χ2v) is 5.60. The number of aryl methyl sites for hydroxylation is 1. The number of Topliss-reactive ketones (excluding diaryl/α,β-unsaturated/α-hetero) is 1. The van der Waals surface area contributed by atoms with Gasteiger partial charge in [-0.05, 0) is 37.8 Å². The number of carbonyl (C=O) groups is 2. The van der Waals surface area contributed by atoms with Crippen molar-refractivity contribution in [1.82, 2.24) is 0 Å². The van der Waals surface area contributed by atoms with E-state index in [1.165, 1.54) is 11.3 Å². The first-order valence-corrected chi connectivity index (χ1v) is 7.35. The molecule has 3 nitrogen and oxygen atoms in total. The highest BCUT2D eigenvalue weighted by Crippen LogP contribution is 2.21. The van der Waals surface area contributed by atoms with Crippen molar-refractivity contribution in [3.05, 3.63) is 21.9 Å². The second-order valence-electron chi connectivity index (χ2n) is 4.44. The van der Waals surface area contributed by atoms with Gasteiger partial charge in [-0.3, -0.25) is 14.0 Å². The number of unbranched alkanes of at least 4 members (excludes halogenated alkanes) is 2. The molecule has 0 aromatic carbocycles. The highest BCUT2D eigenvalue weighted by molar-refractivity contribution is 7.14. The minimum atomic E-state index is -0.791. The molecular weight excluding hydrogens is 267 g/mol. The van der Waals surface area contributed by atoms with Crippen LogP contribution in [0.3, 0.4) is 0 Å². The van der Waals surface area contributed by atoms with Gasteiger partial charge in [-0.1, -0.05) is 6.42 Å². The number of halogens is 1. The van der Waals surface area contributed by atoms with Gasteiger partial charge < -0.3 is 5.11 Å². The van der Waals surface area contributed by atoms with E-state index in [1.54, 1.807) is 6.07 Å². The largest absolute Gasteiger partial charge is 0.481 e. The summed E-state index contributed by atoms with van der Waals surface area (Å²) in [4.78, 5) is 24.0. The summed E-state index contributed by atoms with van der Waals surface area (Å²) in [5.74, 6) is -0.686. The van der Waals surface area contributed by atoms with Gasteiger partial charge in [0, 0.05) is 17.7 Å². The van der Waals surface area contributed by atoms with E-state index in [9.17, 15) is 14.0 Å². The van der Waals surface area contributed by atoms with Gasteiger partial charge in [0.1, 0.15) is 0 Å². The molecule has 0 aliphatic carbocycles. The molecule has 0 amide bonds. The number of rotatable bonds is 10. The van der Waals surface area contributed by atoms with Crippen molar-refractivity contribution in [2.45, 2.75) is 44.9 Å². The topological polar surface area (TPSA) is 54.4 Å². The van der Waals surface area contributed by atoms with E-state index in [1.807, 2.05) is 6.07 Å². The molecule has 5 heteroatoms. The van der Waals surface area contributed by atoms with Crippen LogP contribution in [0.4, 0.5) is 4.39 Å². The molecule has 0 aliphatic rings. The molecule has 0 unspecified atom stereocenters. The van der Waals surface area contributed by atoms with Crippen LogP contribution in [0.5, 0.6) is 0 Å². The Kier molecular flexibility index (Phi) is 7.33. The average Bonchev–Trinajstić information content (AvgIpc) is 2.83. The first-order chi connectivity index (χ1) is 9.13. The van der Waals surface area contributed by atoms with E-state index in [0.29, 0.717) is 25.7 Å². The van der Waals surface area contributed by atoms with Crippen LogP contribution in [0.2, 0.25) is 0 Å². The van der Waals surface area contributed by atoms with Gasteiger partial charge >= 0.3 is 5.97 Å². The van der Waals surface area contributed by atoms with Crippen LogP contribution in [0.15, 0.2) is 12.1 Å². The quantitative estimate of drug-likeness (QED) is 0.525. The summed E-state index contributed by atoms with van der Waals surface area (Å²) in [6, 6.07) is 3.69. The molecule has 0 saturated heterocycles. The fourth-order valence-electron chi connectivity index (χ4n) is 1.76. The van der Waals surface area contributed by atoms with Crippen molar-refractivity contribution < 1.29 is 19.1 Å². The monoisotopic (exact) mass is 286 g/mol. The molecule has 106 valence electrons. The van der Waals surface area contributed by atoms with Crippen LogP contribution in [0, 0.1) is 0 Å². The molecule has 1 aromatic heterocycles. The van der Waals surface area contributed by atoms with Crippen molar-refractivity contribution in [3.8, 4) is 0 Å². The lowest BCUT2D eigenvalue weighted by Gasteiger charge is -1.97. The molecule has 1 rings (SSSR count). The van der Waals surface area contributed by atoms with Gasteiger partial charge in [-0.15, -0.1) is 11.3 Å². The maximum Gasteiger partial charge on any atom is 0.303 e. The van der Waals surface area contributed by atoms with Gasteiger partial charge in [0.15, 0.2) is 5.78 Å². The molecule has 1 N–H and O–H groups in total. The van der Waals surface area contributed by atoms with Crippen molar-refractivity contribution >= 4 is 23.1 Å². The van der Waals surface area contributed by atoms with Crippen LogP contribution in [-0.2, 0) is 11.2 Å². The van der Waals surface area contributed by atoms with E-state index in [-0.39, 0.29) is 18.9 Å². The van der Waals surface area contributed by atoms with Gasteiger partial charge in [0.2, 0.25) is 0 Å². The summed E-state index contributed by atoms with van der Waals surface area (Å²) in [6.45, 7) is -0.319. The minimum absolute atomic E-state index is 0.105. The molecule has 1 heterocycles. The van der Waals surface area contributed by atoms with Crippen LogP contribution in [0.1, 0.15) is 53.1 Å². The third-order valence-corrected chi connectivity index (χ3v) is 3.97. The van der Waals surface area contributed by atoms with Crippen LogP contribution in [-0.4, -0.2) is 23.5 Å². The number of hydrogen-bond acceptors (Lipinski definition) is 3. The van der Waals surface area contributed by atoms with Gasteiger partial charge in [0.25, 0.3) is 0 Å². The number of alkyl halides is 1. The molecular formula is C14H19FO3S. The Balaban J connectivity index is 2.32. The zero-order valence-electron chi connectivity index (χ0n) is 10.9. The fraction of sp³-hybridized carbons (Fsp3) is 0.571. The summed E-state index contributed by atoms with van der Waals surface area (Å²) in [5, 5.41) is 8.55. The Morgan fingerprint density at radius 1 is 1.11 bits per heavy atom. The van der Waals surface area contributed by atoms with E-state index in [4.69, 9.17) is 5.11 Å². The summed E-state index contributed by atoms with van der Waals surface area (Å²) in [7, 11) is 0. The summed E-state index contributed by atoms with van der Waals surface area (Å²) in [5.41, 5.74) is 0. The van der Waals surface area contributed by atoms with Gasteiger partial charge in [-0.25, -0.2) is 0 Å². The fourth-order valence-corrected chi connectivity index (χ4v) is 2.77. The van der Waals surface area contributed by atoms with Gasteiger partial charge in [0.05, 0.1) is 11.6 Å². The highest BCUT2D eigenvalue weighted by atomic mass is 32.1. The van der Waals surface area contributed by atoms with E-state index in [0.717, 1.165) is 22.6 Å². The Morgan fingerprint density at radius 2 is 1.89 bits per heavy atom. The molecule has 0 spiro atoms. The molecule has 0 saturated carbocycles. The van der Waals surface area contributed by atoms with E-state index < -0.39 is 5.97 Å². The molecule has 0 fully saturated rings. The predicted octanol–water partition coefficient (Wildman–Crippen LogP) is 3.87. The van der Waals surface area contributed by atoms with Crippen molar-refractivity contribution in [2.24, 2.45) is 0 Å². The Morgan fingerprint density at radius 3 is 2.58 bits per heavy atom. The van der Waals surface area contributed by atoms with Crippen molar-refractivity contribution in [1.29, 1.82) is 0 Å². The first kappa shape index (κ1) is 15.8. The van der Waals surface area contributed by atoms with Crippen molar-refractivity contribution in [3.63, 3.8) is 0 Å². The lowest BCUT2D eigenvalue weighted by Crippen LogP contribution is -1.96. The molecule has 1 aromatic rings. The summed E-state index contributed by atoms with van der Waals surface area (Å²) < 4.78 is 11.9. The highest BCUT2D eigenvalue weighted by Gasteiger charge is 2.09. The Labute approximate surface area is 116 Å². The number of carbonyl (C=O) groups excluding carboxylic acids is 1. The number of carboxylic acids is 1. The lowest BCUT2D eigenvalue weighted by atomic mass is 10.1. The standard InChI is InChI=1S/C14H19FO3S/c15-10-3-1-2-6-12(16)13-9-8-11(19-13)5-4-7-14(17)18/h8-9H,1-7,10H2,(H,17,18). The number of hydrogen-bond donors (Lipinski definition) is 1. The van der Waals surface area contributed by atoms with Gasteiger partial charge in [-0.2, -0.15) is 0 Å². The maximum atomic E-state index is 11.9. The SMILES string of the molecule is O=C(O)CCCc1ccc(C(=O)CCCCCF)s1. The van der Waals surface area contributed by atoms with E-state index >= 15 is 0 Å². The van der Waals surface area contributed by atoms with Crippen LogP contribution in [0.25, 0.3) is 0 Å². The van der Waals surface area contributed by atoms with Crippen molar-refractivity contribution in [2.75, 3.05) is 6.67 Å². The normalized spacial score (nSPS) is 10.6. The molecule has 0 atom stereocenters. The number of thiophene rings is 1. The Hall–Kier alpha value is -1.23. The van der Waals surface area contributed by atoms with Crippen LogP contribution >= 0.6 is 11.3 Å². The molecule has 0 radical (unpaired) electrons. The lowest BCUT2D eigenvalue weighted by molar-refractivity contribution is -0.137. The third kappa shape index (κ3) is 6.47. The predicted molar refractivity (Wildman–Crippen MR) is 73.7 cm³/mol. The molecule has 19 heavy (non-hydrogen) atoms. The molecule has 0 aliphatic heterocycles. The number of aliphatic carboxylic acids is 1. The number of carboxylic acid groups (broad SMARTS) is 1. The zero-order chi connectivity index (χ0) is 14.1. The smallest absolute Gasteiger partial charge is 0.303 e.